The quantitative estimate of drug-likeness (QED) is 0.586. The summed E-state index contributed by atoms with van der Waals surface area (Å²) in [6, 6.07) is 6.81. The lowest BCUT2D eigenvalue weighted by Crippen LogP contribution is -2.29. The monoisotopic (exact) mass is 258 g/mol. The van der Waals surface area contributed by atoms with E-state index in [4.69, 9.17) is 8.83 Å². The molecule has 6 heteroatoms. The third-order valence-electron chi connectivity index (χ3n) is 2.58. The van der Waals surface area contributed by atoms with Gasteiger partial charge in [0.05, 0.1) is 25.4 Å². The van der Waals surface area contributed by atoms with Crippen molar-refractivity contribution < 1.29 is 18.4 Å². The summed E-state index contributed by atoms with van der Waals surface area (Å²) in [5.41, 5.74) is -1.33. The lowest BCUT2D eigenvalue weighted by molar-refractivity contribution is 0.358. The second-order valence-corrected chi connectivity index (χ2v) is 3.90. The van der Waals surface area contributed by atoms with Crippen LogP contribution < -0.4 is 0 Å². The Bertz CT molecular complexity index is 547. The van der Waals surface area contributed by atoms with Crippen molar-refractivity contribution in [3.63, 3.8) is 0 Å². The molecule has 0 saturated heterocycles. The number of carbonyl (C=O) groups excluding carboxylic acids is 2. The van der Waals surface area contributed by atoms with Crippen molar-refractivity contribution in [2.24, 2.45) is 9.98 Å². The molecule has 0 aliphatic rings. The van der Waals surface area contributed by atoms with E-state index >= 15 is 0 Å². The molecule has 0 aliphatic heterocycles. The maximum absolute atomic E-state index is 10.6. The zero-order valence-corrected chi connectivity index (χ0v) is 9.91. The highest BCUT2D eigenvalue weighted by Crippen LogP contribution is 2.25. The fraction of sp³-hybridized carbons (Fsp3) is 0.231. The molecule has 0 aromatic carbocycles. The van der Waals surface area contributed by atoms with Crippen molar-refractivity contribution in [1.29, 1.82) is 0 Å². The van der Waals surface area contributed by atoms with Gasteiger partial charge in [0, 0.05) is 0 Å². The van der Waals surface area contributed by atoms with Gasteiger partial charge < -0.3 is 8.83 Å². The van der Waals surface area contributed by atoms with Gasteiger partial charge in [-0.15, -0.1) is 0 Å². The van der Waals surface area contributed by atoms with Crippen LogP contribution in [0.4, 0.5) is 0 Å². The summed E-state index contributed by atoms with van der Waals surface area (Å²) in [5.74, 6) is 1.09. The van der Waals surface area contributed by atoms with Crippen LogP contribution in [-0.2, 0) is 22.4 Å². The summed E-state index contributed by atoms with van der Waals surface area (Å²) in [5, 5.41) is 0. The minimum Gasteiger partial charge on any atom is -0.469 e. The molecule has 0 bridgehead atoms. The number of nitrogens with zero attached hydrogens (tertiary/aromatic N) is 2. The second kappa shape index (κ2) is 5.78. The Labute approximate surface area is 108 Å². The number of isocyanates is 2. The van der Waals surface area contributed by atoms with E-state index in [1.165, 1.54) is 24.7 Å². The van der Waals surface area contributed by atoms with Gasteiger partial charge in [-0.3, -0.25) is 0 Å². The standard InChI is InChI=1S/C13H10N2O4/c16-9-14-13(15-10-17,7-11-3-1-5-18-11)8-12-4-2-6-19-12/h1-6H,7-8H2. The predicted octanol–water partition coefficient (Wildman–Crippen LogP) is 2.03. The van der Waals surface area contributed by atoms with E-state index in [0.717, 1.165) is 0 Å². The minimum atomic E-state index is -1.33. The number of hydrogen-bond donors (Lipinski definition) is 0. The molecule has 0 saturated carbocycles. The Balaban J connectivity index is 2.34. The Hall–Kier alpha value is -2.68. The highest BCUT2D eigenvalue weighted by molar-refractivity contribution is 5.40. The van der Waals surface area contributed by atoms with Crippen LogP contribution in [0.5, 0.6) is 0 Å². The molecule has 6 nitrogen and oxygen atoms in total. The molecule has 0 spiro atoms. The molecule has 0 radical (unpaired) electrons. The van der Waals surface area contributed by atoms with Crippen molar-refractivity contribution in [2.75, 3.05) is 0 Å². The fourth-order valence-electron chi connectivity index (χ4n) is 1.80. The molecule has 2 aromatic rings. The molecule has 0 amide bonds. The SMILES string of the molecule is O=C=NC(Cc1ccco1)(Cc1ccco1)N=C=O. The summed E-state index contributed by atoms with van der Waals surface area (Å²) in [7, 11) is 0. The molecule has 0 unspecified atom stereocenters. The van der Waals surface area contributed by atoms with Crippen LogP contribution in [-0.4, -0.2) is 17.8 Å². The van der Waals surface area contributed by atoms with Crippen LogP contribution in [0.2, 0.25) is 0 Å². The third kappa shape index (κ3) is 3.16. The smallest absolute Gasteiger partial charge is 0.237 e. The largest absolute Gasteiger partial charge is 0.469 e. The van der Waals surface area contributed by atoms with Gasteiger partial charge in [-0.25, -0.2) is 9.59 Å². The summed E-state index contributed by atoms with van der Waals surface area (Å²) in [6.45, 7) is 0. The number of hydrogen-bond acceptors (Lipinski definition) is 6. The Kier molecular flexibility index (Phi) is 3.88. The van der Waals surface area contributed by atoms with Gasteiger partial charge >= 0.3 is 0 Å². The van der Waals surface area contributed by atoms with Gasteiger partial charge in [0.1, 0.15) is 11.5 Å². The van der Waals surface area contributed by atoms with E-state index in [0.29, 0.717) is 11.5 Å². The molecule has 96 valence electrons. The first-order chi connectivity index (χ1) is 9.28. The number of rotatable bonds is 6. The summed E-state index contributed by atoms with van der Waals surface area (Å²) >= 11 is 0. The Morgan fingerprint density at radius 2 is 1.42 bits per heavy atom. The van der Waals surface area contributed by atoms with Crippen molar-refractivity contribution in [2.45, 2.75) is 18.5 Å². The number of aliphatic imine (C=N–C) groups is 2. The van der Waals surface area contributed by atoms with Crippen LogP contribution in [0.25, 0.3) is 0 Å². The van der Waals surface area contributed by atoms with Crippen LogP contribution in [0.15, 0.2) is 55.6 Å². The average molecular weight is 258 g/mol. The predicted molar refractivity (Wildman–Crippen MR) is 63.8 cm³/mol. The van der Waals surface area contributed by atoms with Gasteiger partial charge in [-0.05, 0) is 24.3 Å². The summed E-state index contributed by atoms with van der Waals surface area (Å²) in [6.07, 6.45) is 6.14. The van der Waals surface area contributed by atoms with E-state index in [1.807, 2.05) is 0 Å². The maximum Gasteiger partial charge on any atom is 0.237 e. The maximum atomic E-state index is 10.6. The van der Waals surface area contributed by atoms with Crippen LogP contribution >= 0.6 is 0 Å². The van der Waals surface area contributed by atoms with E-state index in [9.17, 15) is 9.59 Å². The van der Waals surface area contributed by atoms with Gasteiger partial charge in [-0.2, -0.15) is 9.98 Å². The minimum absolute atomic E-state index is 0.144. The molecule has 2 heterocycles. The lowest BCUT2D eigenvalue weighted by atomic mass is 10.00. The highest BCUT2D eigenvalue weighted by atomic mass is 16.3. The van der Waals surface area contributed by atoms with Crippen LogP contribution in [0, 0.1) is 0 Å². The lowest BCUT2D eigenvalue weighted by Gasteiger charge is -2.19. The van der Waals surface area contributed by atoms with Crippen molar-refractivity contribution in [3.05, 3.63) is 48.3 Å². The molecule has 0 aliphatic carbocycles. The molecule has 0 atom stereocenters. The van der Waals surface area contributed by atoms with Gasteiger partial charge in [0.25, 0.3) is 0 Å². The third-order valence-corrected chi connectivity index (χ3v) is 2.58. The Morgan fingerprint density at radius 3 is 1.74 bits per heavy atom. The zero-order chi connectivity index (χ0) is 13.6. The normalized spacial score (nSPS) is 10.5. The molecule has 2 rings (SSSR count). The number of furan rings is 2. The first-order valence-electron chi connectivity index (χ1n) is 5.51. The van der Waals surface area contributed by atoms with Crippen molar-refractivity contribution in [3.8, 4) is 0 Å². The van der Waals surface area contributed by atoms with Crippen LogP contribution in [0.1, 0.15) is 11.5 Å². The molecule has 2 aromatic heterocycles. The van der Waals surface area contributed by atoms with Gasteiger partial charge in [0.2, 0.25) is 12.2 Å². The fourth-order valence-corrected chi connectivity index (χ4v) is 1.80. The van der Waals surface area contributed by atoms with Crippen molar-refractivity contribution >= 4 is 12.2 Å². The van der Waals surface area contributed by atoms with E-state index in [1.54, 1.807) is 24.3 Å². The first-order valence-corrected chi connectivity index (χ1v) is 5.51. The molecule has 0 fully saturated rings. The van der Waals surface area contributed by atoms with Gasteiger partial charge in [0.15, 0.2) is 5.66 Å². The van der Waals surface area contributed by atoms with E-state index in [2.05, 4.69) is 9.98 Å². The van der Waals surface area contributed by atoms with Gasteiger partial charge in [-0.1, -0.05) is 0 Å². The van der Waals surface area contributed by atoms with E-state index < -0.39 is 5.66 Å². The molecular formula is C13H10N2O4. The van der Waals surface area contributed by atoms with Crippen molar-refractivity contribution in [1.82, 2.24) is 0 Å². The van der Waals surface area contributed by atoms with E-state index in [-0.39, 0.29) is 12.8 Å². The summed E-state index contributed by atoms with van der Waals surface area (Å²) in [4.78, 5) is 28.5. The molecule has 0 N–H and O–H groups in total. The van der Waals surface area contributed by atoms with Crippen LogP contribution in [0.3, 0.4) is 0 Å². The Morgan fingerprint density at radius 1 is 0.947 bits per heavy atom. The topological polar surface area (TPSA) is 85.1 Å². The molecule has 19 heavy (non-hydrogen) atoms. The summed E-state index contributed by atoms with van der Waals surface area (Å²) < 4.78 is 10.4. The average Bonchev–Trinajstić information content (AvgIpc) is 3.03. The second-order valence-electron chi connectivity index (χ2n) is 3.90. The first kappa shape index (κ1) is 12.8. The highest BCUT2D eigenvalue weighted by Gasteiger charge is 2.32. The molecular weight excluding hydrogens is 248 g/mol. The zero-order valence-electron chi connectivity index (χ0n) is 9.91.